The van der Waals surface area contributed by atoms with E-state index in [1.54, 1.807) is 0 Å². The number of hydrogen-bond acceptors (Lipinski definition) is 2. The first kappa shape index (κ1) is 10.8. The average Bonchev–Trinajstić information content (AvgIpc) is 3.05. The van der Waals surface area contributed by atoms with Gasteiger partial charge >= 0.3 is 5.97 Å². The topological polar surface area (TPSA) is 26.3 Å². The molecular formula is C15H18O2. The molecule has 3 rings (SSSR count). The van der Waals surface area contributed by atoms with E-state index < -0.39 is 0 Å². The Labute approximate surface area is 102 Å². The van der Waals surface area contributed by atoms with Crippen LogP contribution in [0.5, 0.6) is 0 Å². The maximum atomic E-state index is 12.4. The summed E-state index contributed by atoms with van der Waals surface area (Å²) in [6.07, 6.45) is 3.34. The summed E-state index contributed by atoms with van der Waals surface area (Å²) in [7, 11) is 0. The second-order valence-electron chi connectivity index (χ2n) is 5.20. The van der Waals surface area contributed by atoms with Crippen molar-refractivity contribution < 1.29 is 9.53 Å². The van der Waals surface area contributed by atoms with Crippen molar-refractivity contribution in [3.8, 4) is 0 Å². The minimum absolute atomic E-state index is 0.00352. The van der Waals surface area contributed by atoms with E-state index in [-0.39, 0.29) is 11.4 Å². The molecule has 1 aromatic rings. The van der Waals surface area contributed by atoms with Gasteiger partial charge in [0.2, 0.25) is 0 Å². The van der Waals surface area contributed by atoms with Gasteiger partial charge in [-0.25, -0.2) is 0 Å². The fraction of sp³-hybridized carbons (Fsp3) is 0.533. The lowest BCUT2D eigenvalue weighted by Gasteiger charge is -2.29. The standard InChI is InChI=1S/C15H18O2/c1-2-17-14(16)15(9-8-11-10-13(11)15)12-6-4-3-5-7-12/h3-7,11,13H,2,8-10H2,1H3. The molecule has 0 N–H and O–H groups in total. The van der Waals surface area contributed by atoms with Gasteiger partial charge in [0.25, 0.3) is 0 Å². The van der Waals surface area contributed by atoms with Crippen molar-refractivity contribution in [1.82, 2.24) is 0 Å². The van der Waals surface area contributed by atoms with Crippen LogP contribution in [0, 0.1) is 11.8 Å². The van der Waals surface area contributed by atoms with E-state index in [2.05, 4.69) is 12.1 Å². The Bertz CT molecular complexity index is 426. The fourth-order valence-corrected chi connectivity index (χ4v) is 3.49. The van der Waals surface area contributed by atoms with Gasteiger partial charge in [0.05, 0.1) is 12.0 Å². The molecule has 0 aromatic heterocycles. The summed E-state index contributed by atoms with van der Waals surface area (Å²) in [5.41, 5.74) is 0.825. The Morgan fingerprint density at radius 1 is 1.41 bits per heavy atom. The molecule has 0 amide bonds. The average molecular weight is 230 g/mol. The molecule has 3 atom stereocenters. The molecule has 0 bridgehead atoms. The van der Waals surface area contributed by atoms with Crippen LogP contribution >= 0.6 is 0 Å². The zero-order chi connectivity index (χ0) is 11.9. The zero-order valence-corrected chi connectivity index (χ0v) is 10.2. The fourth-order valence-electron chi connectivity index (χ4n) is 3.49. The van der Waals surface area contributed by atoms with Crippen molar-refractivity contribution in [2.45, 2.75) is 31.6 Å². The molecule has 0 spiro atoms. The highest BCUT2D eigenvalue weighted by molar-refractivity contribution is 5.85. The lowest BCUT2D eigenvalue weighted by Crippen LogP contribution is -2.38. The highest BCUT2D eigenvalue weighted by atomic mass is 16.5. The Balaban J connectivity index is 2.00. The highest BCUT2D eigenvalue weighted by Crippen LogP contribution is 2.63. The molecule has 2 fully saturated rings. The lowest BCUT2D eigenvalue weighted by atomic mass is 9.76. The molecule has 2 aliphatic rings. The number of fused-ring (bicyclic) bond motifs is 1. The van der Waals surface area contributed by atoms with Crippen LogP contribution in [0.1, 0.15) is 31.7 Å². The molecule has 0 radical (unpaired) electrons. The molecule has 1 aromatic carbocycles. The summed E-state index contributed by atoms with van der Waals surface area (Å²) >= 11 is 0. The largest absolute Gasteiger partial charge is 0.465 e. The van der Waals surface area contributed by atoms with E-state index >= 15 is 0 Å². The van der Waals surface area contributed by atoms with Gasteiger partial charge in [0, 0.05) is 0 Å². The Morgan fingerprint density at radius 2 is 2.18 bits per heavy atom. The van der Waals surface area contributed by atoms with Crippen LogP contribution in [0.15, 0.2) is 30.3 Å². The second kappa shape index (κ2) is 3.86. The normalized spacial score (nSPS) is 34.2. The van der Waals surface area contributed by atoms with Crippen molar-refractivity contribution in [2.24, 2.45) is 11.8 Å². The van der Waals surface area contributed by atoms with E-state index in [0.29, 0.717) is 12.5 Å². The van der Waals surface area contributed by atoms with Crippen molar-refractivity contribution in [3.05, 3.63) is 35.9 Å². The third kappa shape index (κ3) is 1.50. The molecule has 2 nitrogen and oxygen atoms in total. The molecule has 0 saturated heterocycles. The summed E-state index contributed by atoms with van der Waals surface area (Å²) in [6.45, 7) is 2.36. The molecule has 0 heterocycles. The van der Waals surface area contributed by atoms with Gasteiger partial charge in [-0.3, -0.25) is 4.79 Å². The SMILES string of the molecule is CCOC(=O)C1(c2ccccc2)CCC2CC21. The summed E-state index contributed by atoms with van der Waals surface area (Å²) < 4.78 is 5.34. The second-order valence-corrected chi connectivity index (χ2v) is 5.20. The number of esters is 1. The van der Waals surface area contributed by atoms with E-state index in [1.807, 2.05) is 25.1 Å². The third-order valence-electron chi connectivity index (χ3n) is 4.39. The van der Waals surface area contributed by atoms with Gasteiger partial charge in [-0.1, -0.05) is 30.3 Å². The maximum Gasteiger partial charge on any atom is 0.316 e. The Morgan fingerprint density at radius 3 is 2.71 bits per heavy atom. The summed E-state index contributed by atoms with van der Waals surface area (Å²) in [6, 6.07) is 10.2. The predicted molar refractivity (Wildman–Crippen MR) is 65.6 cm³/mol. The molecule has 3 unspecified atom stereocenters. The van der Waals surface area contributed by atoms with Crippen molar-refractivity contribution in [1.29, 1.82) is 0 Å². The molecule has 2 heteroatoms. The maximum absolute atomic E-state index is 12.4. The molecule has 90 valence electrons. The monoisotopic (exact) mass is 230 g/mol. The van der Waals surface area contributed by atoms with Crippen LogP contribution in [0.4, 0.5) is 0 Å². The van der Waals surface area contributed by atoms with Crippen LogP contribution in [-0.4, -0.2) is 12.6 Å². The van der Waals surface area contributed by atoms with Crippen LogP contribution in [0.3, 0.4) is 0 Å². The number of hydrogen-bond donors (Lipinski definition) is 0. The summed E-state index contributed by atoms with van der Waals surface area (Å²) in [5, 5.41) is 0. The van der Waals surface area contributed by atoms with Crippen LogP contribution in [-0.2, 0) is 14.9 Å². The van der Waals surface area contributed by atoms with E-state index in [9.17, 15) is 4.79 Å². The highest BCUT2D eigenvalue weighted by Gasteiger charge is 2.63. The summed E-state index contributed by atoms with van der Waals surface area (Å²) in [4.78, 5) is 12.4. The molecule has 0 aliphatic heterocycles. The van der Waals surface area contributed by atoms with Crippen molar-refractivity contribution in [2.75, 3.05) is 6.61 Å². The first-order valence-electron chi connectivity index (χ1n) is 6.52. The van der Waals surface area contributed by atoms with Gasteiger partial charge in [-0.15, -0.1) is 0 Å². The van der Waals surface area contributed by atoms with Gasteiger partial charge < -0.3 is 4.74 Å². The van der Waals surface area contributed by atoms with E-state index in [0.717, 1.165) is 17.9 Å². The van der Waals surface area contributed by atoms with Crippen molar-refractivity contribution in [3.63, 3.8) is 0 Å². The van der Waals surface area contributed by atoms with Gasteiger partial charge in [0.15, 0.2) is 0 Å². The zero-order valence-electron chi connectivity index (χ0n) is 10.2. The minimum Gasteiger partial charge on any atom is -0.465 e. The molecule has 17 heavy (non-hydrogen) atoms. The van der Waals surface area contributed by atoms with E-state index in [1.165, 1.54) is 12.8 Å². The smallest absolute Gasteiger partial charge is 0.316 e. The van der Waals surface area contributed by atoms with Gasteiger partial charge in [-0.05, 0) is 43.6 Å². The van der Waals surface area contributed by atoms with Crippen LogP contribution in [0.2, 0.25) is 0 Å². The number of ether oxygens (including phenoxy) is 1. The Kier molecular flexibility index (Phi) is 2.46. The van der Waals surface area contributed by atoms with Crippen LogP contribution in [0.25, 0.3) is 0 Å². The van der Waals surface area contributed by atoms with E-state index in [4.69, 9.17) is 4.74 Å². The number of benzene rings is 1. The van der Waals surface area contributed by atoms with Crippen LogP contribution < -0.4 is 0 Å². The Hall–Kier alpha value is -1.31. The molecule has 2 saturated carbocycles. The predicted octanol–water partition coefficient (Wildman–Crippen LogP) is 2.92. The molecular weight excluding hydrogens is 212 g/mol. The number of rotatable bonds is 3. The quantitative estimate of drug-likeness (QED) is 0.746. The number of carbonyl (C=O) groups excluding carboxylic acids is 1. The van der Waals surface area contributed by atoms with Crippen molar-refractivity contribution >= 4 is 5.97 Å². The van der Waals surface area contributed by atoms with Gasteiger partial charge in [0.1, 0.15) is 0 Å². The lowest BCUT2D eigenvalue weighted by molar-refractivity contribution is -0.151. The first-order chi connectivity index (χ1) is 8.29. The minimum atomic E-state index is -0.331. The first-order valence-corrected chi connectivity index (χ1v) is 6.52. The van der Waals surface area contributed by atoms with Gasteiger partial charge in [-0.2, -0.15) is 0 Å². The summed E-state index contributed by atoms with van der Waals surface area (Å²) in [5.74, 6) is 1.29. The number of carbonyl (C=O) groups is 1. The molecule has 2 aliphatic carbocycles. The third-order valence-corrected chi connectivity index (χ3v) is 4.39.